The molecule has 1 aliphatic rings. The van der Waals surface area contributed by atoms with E-state index in [1.807, 2.05) is 12.1 Å². The molecule has 1 N–H and O–H groups in total. The Morgan fingerprint density at radius 3 is 2.41 bits per heavy atom. The molecule has 0 atom stereocenters. The Labute approximate surface area is 159 Å². The monoisotopic (exact) mass is 361 g/mol. The molecule has 1 aromatic heterocycles. The second-order valence-corrected chi connectivity index (χ2v) is 6.71. The standard InChI is InChI=1S/C22H23N3O2/c26-21(20-16-24-25-14-7-15-27-22(20)25)23-13-12-19(17-8-3-1-4-9-17)18-10-5-2-6-11-18/h1-6,8-11,16,19H,7,12-15H2,(H,23,26). The van der Waals surface area contributed by atoms with Crippen molar-refractivity contribution < 1.29 is 9.53 Å². The zero-order valence-corrected chi connectivity index (χ0v) is 15.2. The second kappa shape index (κ2) is 8.08. The van der Waals surface area contributed by atoms with Crippen molar-refractivity contribution in [3.8, 4) is 5.88 Å². The van der Waals surface area contributed by atoms with Gasteiger partial charge in [-0.3, -0.25) is 4.79 Å². The zero-order chi connectivity index (χ0) is 18.5. The first-order chi connectivity index (χ1) is 13.3. The number of ether oxygens (including phenoxy) is 1. The van der Waals surface area contributed by atoms with E-state index in [4.69, 9.17) is 4.74 Å². The fourth-order valence-corrected chi connectivity index (χ4v) is 3.55. The highest BCUT2D eigenvalue weighted by Crippen LogP contribution is 2.27. The topological polar surface area (TPSA) is 56.2 Å². The van der Waals surface area contributed by atoms with Gasteiger partial charge in [0.05, 0.1) is 12.8 Å². The lowest BCUT2D eigenvalue weighted by Crippen LogP contribution is -2.27. The molecule has 4 rings (SSSR count). The minimum atomic E-state index is -0.127. The van der Waals surface area contributed by atoms with Crippen LogP contribution in [-0.4, -0.2) is 28.8 Å². The normalized spacial score (nSPS) is 13.1. The first-order valence-corrected chi connectivity index (χ1v) is 9.39. The van der Waals surface area contributed by atoms with Crippen molar-refractivity contribution in [2.75, 3.05) is 13.2 Å². The summed E-state index contributed by atoms with van der Waals surface area (Å²) < 4.78 is 7.38. The number of aromatic nitrogens is 2. The van der Waals surface area contributed by atoms with Crippen molar-refractivity contribution >= 4 is 5.91 Å². The summed E-state index contributed by atoms with van der Waals surface area (Å²) in [5, 5.41) is 7.28. The van der Waals surface area contributed by atoms with Crippen LogP contribution >= 0.6 is 0 Å². The number of carbonyl (C=O) groups excluding carboxylic acids is 1. The molecule has 5 nitrogen and oxygen atoms in total. The number of amides is 1. The summed E-state index contributed by atoms with van der Waals surface area (Å²) in [6, 6.07) is 20.8. The van der Waals surface area contributed by atoms with Crippen molar-refractivity contribution in [3.05, 3.63) is 83.6 Å². The van der Waals surface area contributed by atoms with Crippen LogP contribution in [0, 0.1) is 0 Å². The third-order valence-electron chi connectivity index (χ3n) is 4.91. The lowest BCUT2D eigenvalue weighted by atomic mass is 9.88. The first kappa shape index (κ1) is 17.3. The number of hydrogen-bond acceptors (Lipinski definition) is 3. The van der Waals surface area contributed by atoms with Gasteiger partial charge < -0.3 is 10.1 Å². The van der Waals surface area contributed by atoms with Crippen LogP contribution < -0.4 is 10.1 Å². The molecule has 0 radical (unpaired) electrons. The van der Waals surface area contributed by atoms with Crippen molar-refractivity contribution in [1.29, 1.82) is 0 Å². The van der Waals surface area contributed by atoms with Crippen molar-refractivity contribution in [3.63, 3.8) is 0 Å². The summed E-state index contributed by atoms with van der Waals surface area (Å²) in [5.41, 5.74) is 3.03. The average Bonchev–Trinajstić information content (AvgIpc) is 3.17. The lowest BCUT2D eigenvalue weighted by molar-refractivity contribution is 0.0946. The van der Waals surface area contributed by atoms with E-state index >= 15 is 0 Å². The molecule has 0 unspecified atom stereocenters. The maximum atomic E-state index is 12.6. The molecule has 27 heavy (non-hydrogen) atoms. The van der Waals surface area contributed by atoms with Gasteiger partial charge >= 0.3 is 0 Å². The highest BCUT2D eigenvalue weighted by atomic mass is 16.5. The molecule has 0 fully saturated rings. The molecule has 2 heterocycles. The molecular formula is C22H23N3O2. The molecule has 0 aliphatic carbocycles. The molecule has 5 heteroatoms. The number of aryl methyl sites for hydroxylation is 1. The van der Waals surface area contributed by atoms with E-state index in [-0.39, 0.29) is 11.8 Å². The summed E-state index contributed by atoms with van der Waals surface area (Å²) in [7, 11) is 0. The van der Waals surface area contributed by atoms with Crippen LogP contribution in [0.15, 0.2) is 66.9 Å². The summed E-state index contributed by atoms with van der Waals surface area (Å²) in [6.07, 6.45) is 3.34. The van der Waals surface area contributed by atoms with Gasteiger partial charge in [0, 0.05) is 25.4 Å². The van der Waals surface area contributed by atoms with Gasteiger partial charge in [-0.25, -0.2) is 4.68 Å². The van der Waals surface area contributed by atoms with E-state index in [0.717, 1.165) is 19.4 Å². The van der Waals surface area contributed by atoms with Crippen molar-refractivity contribution in [2.24, 2.45) is 0 Å². The molecule has 2 aromatic carbocycles. The molecular weight excluding hydrogens is 338 g/mol. The third-order valence-corrected chi connectivity index (χ3v) is 4.91. The van der Waals surface area contributed by atoms with E-state index in [1.54, 1.807) is 10.9 Å². The Morgan fingerprint density at radius 2 is 1.74 bits per heavy atom. The largest absolute Gasteiger partial charge is 0.477 e. The Balaban J connectivity index is 1.44. The van der Waals surface area contributed by atoms with E-state index in [0.29, 0.717) is 24.6 Å². The lowest BCUT2D eigenvalue weighted by Gasteiger charge is -2.19. The molecule has 0 saturated carbocycles. The van der Waals surface area contributed by atoms with Crippen LogP contribution in [0.5, 0.6) is 5.88 Å². The fourth-order valence-electron chi connectivity index (χ4n) is 3.55. The maximum absolute atomic E-state index is 12.6. The van der Waals surface area contributed by atoms with E-state index in [9.17, 15) is 4.79 Å². The molecule has 138 valence electrons. The maximum Gasteiger partial charge on any atom is 0.258 e. The van der Waals surface area contributed by atoms with Crippen LogP contribution in [0.25, 0.3) is 0 Å². The van der Waals surface area contributed by atoms with Gasteiger partial charge in [-0.15, -0.1) is 0 Å². The number of nitrogens with zero attached hydrogens (tertiary/aromatic N) is 2. The Bertz CT molecular complexity index is 851. The Hall–Kier alpha value is -3.08. The van der Waals surface area contributed by atoms with E-state index in [2.05, 4.69) is 58.9 Å². The van der Waals surface area contributed by atoms with Crippen molar-refractivity contribution in [2.45, 2.75) is 25.3 Å². The van der Waals surface area contributed by atoms with Crippen LogP contribution in [0.1, 0.15) is 40.2 Å². The third kappa shape index (κ3) is 3.87. The van der Waals surface area contributed by atoms with Crippen LogP contribution in [-0.2, 0) is 6.54 Å². The second-order valence-electron chi connectivity index (χ2n) is 6.71. The molecule has 3 aromatic rings. The van der Waals surface area contributed by atoms with Crippen LogP contribution in [0.4, 0.5) is 0 Å². The number of rotatable bonds is 6. The van der Waals surface area contributed by atoms with Gasteiger partial charge in [-0.2, -0.15) is 5.10 Å². The smallest absolute Gasteiger partial charge is 0.258 e. The van der Waals surface area contributed by atoms with Crippen LogP contribution in [0.2, 0.25) is 0 Å². The molecule has 1 amide bonds. The van der Waals surface area contributed by atoms with Gasteiger partial charge in [0.25, 0.3) is 5.91 Å². The fraction of sp³-hybridized carbons (Fsp3) is 0.273. The minimum absolute atomic E-state index is 0.127. The molecule has 0 spiro atoms. The average molecular weight is 361 g/mol. The van der Waals surface area contributed by atoms with Gasteiger partial charge in [-0.1, -0.05) is 60.7 Å². The van der Waals surface area contributed by atoms with Gasteiger partial charge in [0.1, 0.15) is 5.56 Å². The van der Waals surface area contributed by atoms with Crippen LogP contribution in [0.3, 0.4) is 0 Å². The number of benzene rings is 2. The molecule has 0 saturated heterocycles. The van der Waals surface area contributed by atoms with Gasteiger partial charge in [0.2, 0.25) is 5.88 Å². The number of nitrogens with one attached hydrogen (secondary N) is 1. The first-order valence-electron chi connectivity index (χ1n) is 9.39. The predicted molar refractivity (Wildman–Crippen MR) is 104 cm³/mol. The summed E-state index contributed by atoms with van der Waals surface area (Å²) in [6.45, 7) is 2.01. The molecule has 0 bridgehead atoms. The van der Waals surface area contributed by atoms with Crippen molar-refractivity contribution in [1.82, 2.24) is 15.1 Å². The summed E-state index contributed by atoms with van der Waals surface area (Å²) >= 11 is 0. The SMILES string of the molecule is O=C(NCCC(c1ccccc1)c1ccccc1)c1cnn2c1OCCC2. The highest BCUT2D eigenvalue weighted by Gasteiger charge is 2.22. The quantitative estimate of drug-likeness (QED) is 0.730. The zero-order valence-electron chi connectivity index (χ0n) is 15.2. The van der Waals surface area contributed by atoms with Gasteiger partial charge in [-0.05, 0) is 17.5 Å². The Kier molecular flexibility index (Phi) is 5.19. The minimum Gasteiger partial charge on any atom is -0.477 e. The predicted octanol–water partition coefficient (Wildman–Crippen LogP) is 3.62. The Morgan fingerprint density at radius 1 is 1.07 bits per heavy atom. The summed E-state index contributed by atoms with van der Waals surface area (Å²) in [5.74, 6) is 0.699. The number of hydrogen-bond donors (Lipinski definition) is 1. The molecule has 1 aliphatic heterocycles. The van der Waals surface area contributed by atoms with E-state index in [1.165, 1.54) is 11.1 Å². The number of carbonyl (C=O) groups is 1. The van der Waals surface area contributed by atoms with E-state index < -0.39 is 0 Å². The number of fused-ring (bicyclic) bond motifs is 1. The van der Waals surface area contributed by atoms with Gasteiger partial charge in [0.15, 0.2) is 0 Å². The highest BCUT2D eigenvalue weighted by molar-refractivity contribution is 5.96. The summed E-state index contributed by atoms with van der Waals surface area (Å²) in [4.78, 5) is 12.6.